The van der Waals surface area contributed by atoms with Crippen LogP contribution in [0.25, 0.3) is 11.1 Å². The molecule has 4 aromatic carbocycles. The lowest BCUT2D eigenvalue weighted by Gasteiger charge is -2.21. The summed E-state index contributed by atoms with van der Waals surface area (Å²) in [7, 11) is 0. The van der Waals surface area contributed by atoms with Crippen LogP contribution in [0.5, 0.6) is 0 Å². The van der Waals surface area contributed by atoms with Gasteiger partial charge in [0.05, 0.1) is 11.8 Å². The molecule has 2 aliphatic carbocycles. The van der Waals surface area contributed by atoms with Gasteiger partial charge < -0.3 is 15.0 Å². The van der Waals surface area contributed by atoms with E-state index in [9.17, 15) is 0 Å². The van der Waals surface area contributed by atoms with Gasteiger partial charge in [-0.2, -0.15) is 0 Å². The number of hydrogen-bond acceptors (Lipinski definition) is 0. The van der Waals surface area contributed by atoms with Gasteiger partial charge in [-0.25, -0.2) is 0 Å². The zero-order valence-electron chi connectivity index (χ0n) is 33.9. The zero-order chi connectivity index (χ0) is 42.0. The lowest BCUT2D eigenvalue weighted by Crippen LogP contribution is -2.10. The molecule has 3 N–H and O–H groups in total. The van der Waals surface area contributed by atoms with Crippen molar-refractivity contribution in [2.75, 3.05) is 0 Å². The smallest absolute Gasteiger partial charge is 0.0641 e. The maximum Gasteiger partial charge on any atom is 0.0641 e. The van der Waals surface area contributed by atoms with Crippen molar-refractivity contribution in [2.45, 2.75) is 49.9 Å². The summed E-state index contributed by atoms with van der Waals surface area (Å²) in [5.74, 6) is -0.589. The van der Waals surface area contributed by atoms with Gasteiger partial charge in [0.2, 0.25) is 0 Å². The van der Waals surface area contributed by atoms with Gasteiger partial charge in [-0.05, 0) is 140 Å². The van der Waals surface area contributed by atoms with Crippen LogP contribution < -0.4 is 0 Å². The number of rotatable bonds is 4. The van der Waals surface area contributed by atoms with Crippen molar-refractivity contribution in [1.29, 1.82) is 0 Å². The quantitative estimate of drug-likeness (QED) is 0.158. The Morgan fingerprint density at radius 1 is 0.328 bits per heavy atom. The maximum absolute atomic E-state index is 6.58. The third kappa shape index (κ3) is 7.53. The number of benzene rings is 4. The molecule has 3 nitrogen and oxygen atoms in total. The molecule has 3 aromatic heterocycles. The molecular formula is C54H43Cl4N3. The minimum absolute atomic E-state index is 0.0530. The Kier molecular flexibility index (Phi) is 10.3. The van der Waals surface area contributed by atoms with Gasteiger partial charge in [0.25, 0.3) is 0 Å². The van der Waals surface area contributed by atoms with Gasteiger partial charge in [-0.15, -0.1) is 0 Å². The highest BCUT2D eigenvalue weighted by atomic mass is 35.5. The highest BCUT2D eigenvalue weighted by Crippen LogP contribution is 2.49. The Balaban J connectivity index is 1.30. The lowest BCUT2D eigenvalue weighted by molar-refractivity contribution is 0.591. The summed E-state index contributed by atoms with van der Waals surface area (Å²) in [5.41, 5.74) is 17.0. The highest BCUT2D eigenvalue weighted by Gasteiger charge is 2.33. The molecule has 4 atom stereocenters. The molecular weight excluding hydrogens is 832 g/mol. The maximum atomic E-state index is 6.58. The minimum Gasteiger partial charge on any atom is -0.361 e. The average molecular weight is 876 g/mol. The summed E-state index contributed by atoms with van der Waals surface area (Å²) in [6.07, 6.45) is 0. The first-order valence-electron chi connectivity index (χ1n) is 20.6. The van der Waals surface area contributed by atoms with Gasteiger partial charge in [-0.3, -0.25) is 0 Å². The molecule has 0 saturated heterocycles. The molecule has 1 aliphatic heterocycles. The second-order valence-electron chi connectivity index (χ2n) is 17.3. The third-order valence-corrected chi connectivity index (χ3v) is 13.5. The van der Waals surface area contributed by atoms with Crippen LogP contribution in [0.3, 0.4) is 0 Å². The SMILES string of the molecule is CC(C)(C)c1ccc2c3cc(c-2cc1)C(c1ccc(Cl)cc1)c1ccc([nH]1)C(c1ccc(Cl)cc1)c1ccc([nH]1)C(c1ccc(Cl)cc1)c1ccc([nH]1)C3c1ccc(Cl)cc1. The topological polar surface area (TPSA) is 47.4 Å². The van der Waals surface area contributed by atoms with E-state index in [2.05, 4.69) is 151 Å². The van der Waals surface area contributed by atoms with Crippen LogP contribution in [0.4, 0.5) is 0 Å². The fourth-order valence-corrected chi connectivity index (χ4v) is 9.92. The van der Waals surface area contributed by atoms with Crippen molar-refractivity contribution < 1.29 is 0 Å². The summed E-state index contributed by atoms with van der Waals surface area (Å²) >= 11 is 26.1. The van der Waals surface area contributed by atoms with Crippen molar-refractivity contribution in [3.05, 3.63) is 257 Å². The first-order valence-corrected chi connectivity index (χ1v) is 22.1. The number of halogens is 4. The predicted octanol–water partition coefficient (Wildman–Crippen LogP) is 15.7. The molecule has 7 aromatic rings. The fraction of sp³-hybridized carbons (Fsp3) is 0.148. The van der Waals surface area contributed by atoms with E-state index >= 15 is 0 Å². The van der Waals surface area contributed by atoms with Crippen LogP contribution in [0.15, 0.2) is 164 Å². The number of fused-ring (bicyclic) bond motifs is 11. The average Bonchev–Trinajstić information content (AvgIpc) is 4.05. The molecule has 0 fully saturated rings. The number of aromatic nitrogens is 3. The van der Waals surface area contributed by atoms with Crippen LogP contribution in [-0.4, -0.2) is 15.0 Å². The van der Waals surface area contributed by atoms with Crippen LogP contribution >= 0.6 is 46.4 Å². The Bertz CT molecular complexity index is 2760. The van der Waals surface area contributed by atoms with E-state index in [1.165, 1.54) is 27.8 Å². The van der Waals surface area contributed by atoms with E-state index in [-0.39, 0.29) is 29.1 Å². The molecule has 4 heterocycles. The Hall–Kier alpha value is -5.42. The molecule has 8 bridgehead atoms. The highest BCUT2D eigenvalue weighted by molar-refractivity contribution is 6.31. The Labute approximate surface area is 377 Å². The molecule has 0 amide bonds. The van der Waals surface area contributed by atoms with Crippen molar-refractivity contribution in [3.8, 4) is 11.1 Å². The summed E-state index contributed by atoms with van der Waals surface area (Å²) in [4.78, 5) is 11.9. The number of hydrogen-bond donors (Lipinski definition) is 3. The molecule has 61 heavy (non-hydrogen) atoms. The Morgan fingerprint density at radius 2 is 0.590 bits per heavy atom. The van der Waals surface area contributed by atoms with Gasteiger partial charge in [0.15, 0.2) is 0 Å². The van der Waals surface area contributed by atoms with Crippen LogP contribution in [-0.2, 0) is 5.41 Å². The number of aromatic amines is 3. The van der Waals surface area contributed by atoms with Gasteiger partial charge in [-0.1, -0.05) is 146 Å². The fourth-order valence-electron chi connectivity index (χ4n) is 9.41. The van der Waals surface area contributed by atoms with Gasteiger partial charge in [0, 0.05) is 66.1 Å². The second kappa shape index (κ2) is 15.8. The Morgan fingerprint density at radius 3 is 0.869 bits per heavy atom. The first kappa shape index (κ1) is 39.7. The van der Waals surface area contributed by atoms with Crippen LogP contribution in [0.2, 0.25) is 20.1 Å². The van der Waals surface area contributed by atoms with Crippen LogP contribution in [0.1, 0.15) is 118 Å². The lowest BCUT2D eigenvalue weighted by atomic mass is 9.86. The molecule has 0 saturated carbocycles. The second-order valence-corrected chi connectivity index (χ2v) is 19.0. The van der Waals surface area contributed by atoms with Crippen molar-refractivity contribution >= 4 is 46.4 Å². The zero-order valence-corrected chi connectivity index (χ0v) is 36.9. The predicted molar refractivity (Wildman–Crippen MR) is 254 cm³/mol. The molecule has 0 radical (unpaired) electrons. The molecule has 7 heteroatoms. The van der Waals surface area contributed by atoms with E-state index in [0.717, 1.165) is 56.4 Å². The van der Waals surface area contributed by atoms with E-state index in [1.54, 1.807) is 0 Å². The van der Waals surface area contributed by atoms with E-state index in [1.807, 2.05) is 48.5 Å². The van der Waals surface area contributed by atoms with Crippen molar-refractivity contribution in [2.24, 2.45) is 0 Å². The number of H-pyrrole nitrogens is 3. The van der Waals surface area contributed by atoms with Crippen molar-refractivity contribution in [3.63, 3.8) is 0 Å². The van der Waals surface area contributed by atoms with E-state index in [0.29, 0.717) is 20.1 Å². The molecule has 3 aliphatic rings. The monoisotopic (exact) mass is 873 g/mol. The van der Waals surface area contributed by atoms with E-state index in [4.69, 9.17) is 46.4 Å². The summed E-state index contributed by atoms with van der Waals surface area (Å²) in [5, 5.41) is 2.79. The normalized spacial score (nSPS) is 17.8. The molecule has 302 valence electrons. The first-order chi connectivity index (χ1) is 29.5. The van der Waals surface area contributed by atoms with Crippen LogP contribution in [0, 0.1) is 0 Å². The summed E-state index contributed by atoms with van der Waals surface area (Å²) < 4.78 is 0. The summed E-state index contributed by atoms with van der Waals surface area (Å²) in [6, 6.07) is 58.1. The number of nitrogens with one attached hydrogen (secondary N) is 3. The van der Waals surface area contributed by atoms with Gasteiger partial charge >= 0.3 is 0 Å². The largest absolute Gasteiger partial charge is 0.361 e. The minimum atomic E-state index is -0.153. The van der Waals surface area contributed by atoms with Gasteiger partial charge in [0.1, 0.15) is 0 Å². The molecule has 4 unspecified atom stereocenters. The standard InChI is InChI=1S/C54H43Cl4N3/c1-54(2,3)35-12-22-40-41(23-13-35)43-30-42(40)50(31-4-14-36(55)15-5-31)44-24-26-46(59-44)52(33-8-18-38(57)19-9-33)48-28-29-49(61-48)53(34-10-20-39(58)21-11-34)47-27-25-45(60-47)51(43)32-6-16-37(56)17-7-32/h4-30,50-53,59-61H,1-3H3. The van der Waals surface area contributed by atoms with Crippen molar-refractivity contribution in [1.82, 2.24) is 15.0 Å². The third-order valence-electron chi connectivity index (χ3n) is 12.4. The van der Waals surface area contributed by atoms with E-state index < -0.39 is 0 Å². The molecule has 0 spiro atoms. The summed E-state index contributed by atoms with van der Waals surface area (Å²) in [6.45, 7) is 6.82. The molecule has 10 rings (SSSR count).